The highest BCUT2D eigenvalue weighted by Gasteiger charge is 2.29. The van der Waals surface area contributed by atoms with Crippen molar-refractivity contribution < 1.29 is 22.0 Å². The van der Waals surface area contributed by atoms with E-state index in [0.29, 0.717) is 37.5 Å². The van der Waals surface area contributed by atoms with Gasteiger partial charge in [-0.05, 0) is 64.5 Å². The number of ketones is 1. The van der Waals surface area contributed by atoms with Gasteiger partial charge in [-0.2, -0.15) is 0 Å². The van der Waals surface area contributed by atoms with Crippen LogP contribution in [0.15, 0.2) is 18.2 Å². The number of carbonyl (C=O) groups excluding carboxylic acids is 1. The van der Waals surface area contributed by atoms with Crippen molar-refractivity contribution in [1.29, 1.82) is 0 Å². The lowest BCUT2D eigenvalue weighted by Gasteiger charge is -2.31. The van der Waals surface area contributed by atoms with Gasteiger partial charge in [0.25, 0.3) is 0 Å². The molecule has 1 aromatic heterocycles. The van der Waals surface area contributed by atoms with Crippen molar-refractivity contribution in [2.45, 2.75) is 31.7 Å². The number of aromatic nitrogens is 1. The van der Waals surface area contributed by atoms with Crippen LogP contribution < -0.4 is 11.1 Å². The Labute approximate surface area is 220 Å². The lowest BCUT2D eigenvalue weighted by molar-refractivity contribution is 0.103. The summed E-state index contributed by atoms with van der Waals surface area (Å²) in [4.78, 5) is 21.4. The van der Waals surface area contributed by atoms with Gasteiger partial charge in [0.15, 0.2) is 5.13 Å². The van der Waals surface area contributed by atoms with Gasteiger partial charge >= 0.3 is 0 Å². The summed E-state index contributed by atoms with van der Waals surface area (Å²) in [7, 11) is -1.22. The van der Waals surface area contributed by atoms with Crippen LogP contribution in [0.5, 0.6) is 0 Å². The van der Waals surface area contributed by atoms with Gasteiger partial charge in [0.1, 0.15) is 22.3 Å². The maximum absolute atomic E-state index is 14.0. The highest BCUT2D eigenvalue weighted by atomic mass is 32.2. The summed E-state index contributed by atoms with van der Waals surface area (Å²) in [6.45, 7) is 5.63. The molecule has 37 heavy (non-hydrogen) atoms. The number of thiazole rings is 1. The number of piperidine rings is 1. The second kappa shape index (κ2) is 12.1. The van der Waals surface area contributed by atoms with Crippen LogP contribution in [0.3, 0.4) is 0 Å². The van der Waals surface area contributed by atoms with Crippen LogP contribution in [-0.2, 0) is 10.0 Å². The van der Waals surface area contributed by atoms with E-state index in [-0.39, 0.29) is 22.5 Å². The molecule has 0 amide bonds. The molecule has 0 bridgehead atoms. The van der Waals surface area contributed by atoms with Crippen LogP contribution in [0, 0.1) is 11.6 Å². The number of nitrogen functional groups attached to an aromatic ring is 1. The number of hydrogen-bond acceptors (Lipinski definition) is 9. The van der Waals surface area contributed by atoms with Crippen molar-refractivity contribution in [3.8, 4) is 0 Å². The summed E-state index contributed by atoms with van der Waals surface area (Å²) < 4.78 is 55.4. The fourth-order valence-corrected chi connectivity index (χ4v) is 7.19. The number of anilines is 2. The molecule has 0 atom stereocenters. The number of hydrogen-bond donors (Lipinski definition) is 2. The molecular formula is C24H34F2N6O3S2. The number of nitrogens with two attached hydrogens (primary N) is 1. The zero-order valence-corrected chi connectivity index (χ0v) is 22.6. The number of nitrogens with zero attached hydrogens (tertiary/aromatic N) is 4. The standard InChI is InChI=1S/C24H34F2N6O3S2/c1-30-9-3-10-31(15-14-30)11-4-16-37(34,35)32-12-7-17(8-13-32)28-24-29-23(27)22(36-24)21(33)20-18(25)5-2-6-19(20)26/h2,5-6,17H,3-4,7-16,27H2,1H3,(H,28,29). The van der Waals surface area contributed by atoms with E-state index < -0.39 is 33.0 Å². The average molecular weight is 557 g/mol. The molecule has 2 saturated heterocycles. The maximum Gasteiger partial charge on any atom is 0.214 e. The predicted molar refractivity (Wildman–Crippen MR) is 141 cm³/mol. The van der Waals surface area contributed by atoms with Crippen LogP contribution in [0.25, 0.3) is 0 Å². The molecule has 0 saturated carbocycles. The first-order valence-corrected chi connectivity index (χ1v) is 15.0. The Balaban J connectivity index is 1.27. The maximum atomic E-state index is 14.0. The van der Waals surface area contributed by atoms with Gasteiger partial charge in [0, 0.05) is 32.2 Å². The summed E-state index contributed by atoms with van der Waals surface area (Å²) in [5.74, 6) is -2.73. The third-order valence-electron chi connectivity index (χ3n) is 6.91. The largest absolute Gasteiger partial charge is 0.382 e. The first kappa shape index (κ1) is 27.8. The minimum atomic E-state index is -3.33. The molecule has 2 aliphatic rings. The predicted octanol–water partition coefficient (Wildman–Crippen LogP) is 2.47. The van der Waals surface area contributed by atoms with Gasteiger partial charge < -0.3 is 20.9 Å². The first-order chi connectivity index (χ1) is 17.6. The number of benzene rings is 1. The van der Waals surface area contributed by atoms with Gasteiger partial charge in [-0.15, -0.1) is 0 Å². The molecule has 2 aliphatic heterocycles. The fourth-order valence-electron chi connectivity index (χ4n) is 4.76. The van der Waals surface area contributed by atoms with Crippen molar-refractivity contribution in [2.24, 2.45) is 0 Å². The molecule has 0 radical (unpaired) electrons. The molecule has 0 aliphatic carbocycles. The van der Waals surface area contributed by atoms with E-state index in [1.807, 2.05) is 0 Å². The fraction of sp³-hybridized carbons (Fsp3) is 0.583. The molecule has 1 aromatic carbocycles. The summed E-state index contributed by atoms with van der Waals surface area (Å²) >= 11 is 0.936. The van der Waals surface area contributed by atoms with Gasteiger partial charge in [-0.1, -0.05) is 17.4 Å². The van der Waals surface area contributed by atoms with Crippen molar-refractivity contribution in [3.63, 3.8) is 0 Å². The summed E-state index contributed by atoms with van der Waals surface area (Å²) in [6, 6.07) is 3.16. The van der Waals surface area contributed by atoms with E-state index in [1.54, 1.807) is 4.31 Å². The van der Waals surface area contributed by atoms with Crippen LogP contribution in [0.2, 0.25) is 0 Å². The van der Waals surface area contributed by atoms with Crippen molar-refractivity contribution in [2.75, 3.05) is 69.7 Å². The first-order valence-electron chi connectivity index (χ1n) is 12.5. The van der Waals surface area contributed by atoms with Gasteiger partial charge in [0.05, 0.1) is 11.3 Å². The monoisotopic (exact) mass is 556 g/mol. The molecule has 2 aromatic rings. The number of nitrogens with one attached hydrogen (secondary N) is 1. The Bertz CT molecular complexity index is 1180. The van der Waals surface area contributed by atoms with Crippen molar-refractivity contribution >= 4 is 38.1 Å². The smallest absolute Gasteiger partial charge is 0.214 e. The number of rotatable bonds is 9. The van der Waals surface area contributed by atoms with E-state index in [0.717, 1.165) is 62.6 Å². The van der Waals surface area contributed by atoms with E-state index in [2.05, 4.69) is 27.1 Å². The molecule has 13 heteroatoms. The van der Waals surface area contributed by atoms with Gasteiger partial charge in [-0.25, -0.2) is 26.5 Å². The van der Waals surface area contributed by atoms with Crippen LogP contribution >= 0.6 is 11.3 Å². The molecular weight excluding hydrogens is 522 g/mol. The van der Waals surface area contributed by atoms with Gasteiger partial charge in [-0.3, -0.25) is 4.79 Å². The number of halogens is 2. The summed E-state index contributed by atoms with van der Waals surface area (Å²) in [5.41, 5.74) is 5.22. The number of likely N-dealkylation sites (N-methyl/N-ethyl adjacent to an activating group) is 1. The molecule has 204 valence electrons. The van der Waals surface area contributed by atoms with Crippen molar-refractivity contribution in [1.82, 2.24) is 19.1 Å². The summed E-state index contributed by atoms with van der Waals surface area (Å²) in [6.07, 6.45) is 2.86. The normalized spacial score (nSPS) is 19.1. The zero-order valence-electron chi connectivity index (χ0n) is 21.0. The minimum absolute atomic E-state index is 0.0393. The zero-order chi connectivity index (χ0) is 26.6. The van der Waals surface area contributed by atoms with E-state index in [1.165, 1.54) is 6.07 Å². The third-order valence-corrected chi connectivity index (χ3v) is 9.87. The Hall–Kier alpha value is -2.19. The average Bonchev–Trinajstić information content (AvgIpc) is 3.08. The Morgan fingerprint density at radius 2 is 1.84 bits per heavy atom. The van der Waals surface area contributed by atoms with Crippen LogP contribution in [0.1, 0.15) is 40.9 Å². The minimum Gasteiger partial charge on any atom is -0.382 e. The van der Waals surface area contributed by atoms with Crippen LogP contribution in [-0.4, -0.2) is 97.9 Å². The lowest BCUT2D eigenvalue weighted by atomic mass is 10.1. The molecule has 9 nitrogen and oxygen atoms in total. The number of sulfonamides is 1. The summed E-state index contributed by atoms with van der Waals surface area (Å²) in [5, 5.41) is 3.56. The molecule has 2 fully saturated rings. The molecule has 3 heterocycles. The highest BCUT2D eigenvalue weighted by Crippen LogP contribution is 2.30. The molecule has 3 N–H and O–H groups in total. The van der Waals surface area contributed by atoms with Gasteiger partial charge in [0.2, 0.25) is 15.8 Å². The second-order valence-electron chi connectivity index (χ2n) is 9.64. The Kier molecular flexibility index (Phi) is 9.11. The Morgan fingerprint density at radius 1 is 1.14 bits per heavy atom. The lowest BCUT2D eigenvalue weighted by Crippen LogP contribution is -2.43. The van der Waals surface area contributed by atoms with E-state index in [4.69, 9.17) is 5.73 Å². The van der Waals surface area contributed by atoms with E-state index in [9.17, 15) is 22.0 Å². The molecule has 0 spiro atoms. The Morgan fingerprint density at radius 3 is 2.54 bits per heavy atom. The van der Waals surface area contributed by atoms with Crippen molar-refractivity contribution in [3.05, 3.63) is 40.3 Å². The quantitative estimate of drug-likeness (QED) is 0.453. The number of carbonyl (C=O) groups is 1. The molecule has 4 rings (SSSR count). The molecule has 0 unspecified atom stereocenters. The van der Waals surface area contributed by atoms with E-state index >= 15 is 0 Å². The van der Waals surface area contributed by atoms with Crippen LogP contribution in [0.4, 0.5) is 19.7 Å². The second-order valence-corrected chi connectivity index (χ2v) is 12.7. The third kappa shape index (κ3) is 7.02. The topological polar surface area (TPSA) is 112 Å². The SMILES string of the molecule is CN1CCCN(CCCS(=O)(=O)N2CCC(Nc3nc(N)c(C(=O)c4c(F)cccc4F)s3)CC2)CC1. The highest BCUT2D eigenvalue weighted by molar-refractivity contribution is 7.89.